The van der Waals surface area contributed by atoms with Crippen LogP contribution in [-0.4, -0.2) is 20.5 Å². The summed E-state index contributed by atoms with van der Waals surface area (Å²) in [6, 6.07) is 21.9. The van der Waals surface area contributed by atoms with E-state index < -0.39 is 0 Å². The molecule has 9 heteroatoms. The molecule has 0 saturated heterocycles. The molecule has 0 radical (unpaired) electrons. The Morgan fingerprint density at radius 2 is 1.62 bits per heavy atom. The van der Waals surface area contributed by atoms with Crippen LogP contribution < -0.4 is 15.0 Å². The minimum Gasteiger partial charge on any atom is -0.303 e. The first-order valence-electron chi connectivity index (χ1n) is 10.4. The molecule has 0 fully saturated rings. The topological polar surface area (TPSA) is 67.6 Å². The molecule has 0 aliphatic carbocycles. The van der Waals surface area contributed by atoms with Gasteiger partial charge in [-0.25, -0.2) is 0 Å². The number of aromatic nitrogens is 3. The van der Waals surface area contributed by atoms with Crippen molar-refractivity contribution >= 4 is 56.7 Å². The van der Waals surface area contributed by atoms with E-state index in [9.17, 15) is 9.59 Å². The maximum atomic E-state index is 13.6. The van der Waals surface area contributed by atoms with Gasteiger partial charge in [0.25, 0.3) is 11.5 Å². The van der Waals surface area contributed by atoms with Crippen molar-refractivity contribution in [3.8, 4) is 11.4 Å². The Bertz CT molecular complexity index is 1710. The van der Waals surface area contributed by atoms with Gasteiger partial charge in [0.1, 0.15) is 4.53 Å². The van der Waals surface area contributed by atoms with Crippen LogP contribution >= 0.6 is 34.5 Å². The van der Waals surface area contributed by atoms with Crippen LogP contribution in [0.25, 0.3) is 21.9 Å². The van der Waals surface area contributed by atoms with Crippen LogP contribution in [0.1, 0.15) is 11.1 Å². The zero-order valence-corrected chi connectivity index (χ0v) is 19.7. The number of carbonyl (C=O) groups excluding carboxylic acids is 1. The second-order valence-corrected chi connectivity index (χ2v) is 9.57. The number of fused-ring (bicyclic) bond motifs is 2. The Kier molecular flexibility index (Phi) is 4.99. The fourth-order valence-corrected chi connectivity index (χ4v) is 5.38. The molecule has 0 atom stereocenters. The molecule has 0 unspecified atom stereocenters. The van der Waals surface area contributed by atoms with E-state index in [0.717, 1.165) is 28.2 Å². The minimum absolute atomic E-state index is 0.249. The smallest absolute Gasteiger partial charge is 0.291 e. The molecular formula is C25H14Cl2N4O2S. The lowest BCUT2D eigenvalue weighted by molar-refractivity contribution is -0.113. The van der Waals surface area contributed by atoms with Gasteiger partial charge in [-0.15, -0.1) is 5.10 Å². The quantitative estimate of drug-likeness (QED) is 0.360. The van der Waals surface area contributed by atoms with E-state index in [1.165, 1.54) is 4.52 Å². The monoisotopic (exact) mass is 504 g/mol. The number of anilines is 1. The fourth-order valence-electron chi connectivity index (χ4n) is 4.06. The molecule has 0 bridgehead atoms. The number of hydrogen-bond acceptors (Lipinski definition) is 5. The molecule has 0 spiro atoms. The van der Waals surface area contributed by atoms with E-state index in [2.05, 4.69) is 10.1 Å². The molecule has 1 aliphatic heterocycles. The number of amides is 1. The molecule has 3 aromatic carbocycles. The van der Waals surface area contributed by atoms with Crippen molar-refractivity contribution in [1.82, 2.24) is 14.6 Å². The van der Waals surface area contributed by atoms with Crippen LogP contribution in [0.4, 0.5) is 5.69 Å². The van der Waals surface area contributed by atoms with E-state index in [0.29, 0.717) is 43.0 Å². The number of para-hydroxylation sites is 1. The minimum atomic E-state index is -0.370. The molecular weight excluding hydrogens is 491 g/mol. The predicted octanol–water partition coefficient (Wildman–Crippen LogP) is 4.59. The highest BCUT2D eigenvalue weighted by Crippen LogP contribution is 2.37. The number of nitrogens with zero attached hydrogens (tertiary/aromatic N) is 4. The lowest BCUT2D eigenvalue weighted by atomic mass is 10.1. The van der Waals surface area contributed by atoms with Crippen molar-refractivity contribution in [3.63, 3.8) is 0 Å². The number of halogens is 2. The highest BCUT2D eigenvalue weighted by Gasteiger charge is 2.34. The number of hydrogen-bond donors (Lipinski definition) is 0. The number of carbonyl (C=O) groups is 1. The van der Waals surface area contributed by atoms with Gasteiger partial charge < -0.3 is 4.90 Å². The Morgan fingerprint density at radius 1 is 0.882 bits per heavy atom. The second kappa shape index (κ2) is 8.06. The highest BCUT2D eigenvalue weighted by molar-refractivity contribution is 7.15. The van der Waals surface area contributed by atoms with Gasteiger partial charge in [0.2, 0.25) is 4.96 Å². The summed E-state index contributed by atoms with van der Waals surface area (Å²) in [5.41, 5.74) is 3.01. The van der Waals surface area contributed by atoms with Gasteiger partial charge in [-0.1, -0.05) is 70.9 Å². The van der Waals surface area contributed by atoms with Crippen LogP contribution in [0.15, 0.2) is 77.6 Å². The SMILES string of the molecule is O=C1/C(=c2\sc3nc(-c4ccc(Cl)cc4)nn3c2=O)c2ccccc2N1Cc1ccccc1Cl. The van der Waals surface area contributed by atoms with Gasteiger partial charge in [0.05, 0.1) is 17.8 Å². The fraction of sp³-hybridized carbons (Fsp3) is 0.0400. The summed E-state index contributed by atoms with van der Waals surface area (Å²) in [6.07, 6.45) is 0. The lowest BCUT2D eigenvalue weighted by Gasteiger charge is -2.17. The summed E-state index contributed by atoms with van der Waals surface area (Å²) in [7, 11) is 0. The largest absolute Gasteiger partial charge is 0.303 e. The van der Waals surface area contributed by atoms with Gasteiger partial charge in [-0.2, -0.15) is 9.50 Å². The summed E-state index contributed by atoms with van der Waals surface area (Å²) < 4.78 is 1.57. The highest BCUT2D eigenvalue weighted by atomic mass is 35.5. The molecule has 166 valence electrons. The third kappa shape index (κ3) is 3.32. The summed E-state index contributed by atoms with van der Waals surface area (Å²) in [5.74, 6) is 0.177. The summed E-state index contributed by atoms with van der Waals surface area (Å²) in [4.78, 5) is 33.5. The first-order chi connectivity index (χ1) is 16.5. The lowest BCUT2D eigenvalue weighted by Crippen LogP contribution is -2.32. The normalized spacial score (nSPS) is 14.8. The van der Waals surface area contributed by atoms with Gasteiger partial charge >= 0.3 is 0 Å². The number of benzene rings is 3. The standard InChI is InChI=1S/C25H14Cl2N4O2S/c26-16-11-9-14(10-12-16)22-28-25-31(29-22)24(33)21(34-25)20-17-6-2-4-8-19(17)30(23(20)32)13-15-5-1-3-7-18(15)27/h1-12H,13H2/b21-20-. The van der Waals surface area contributed by atoms with Crippen molar-refractivity contribution in [2.24, 2.45) is 0 Å². The third-order valence-corrected chi connectivity index (χ3v) is 7.35. The second-order valence-electron chi connectivity index (χ2n) is 7.75. The molecule has 1 amide bonds. The van der Waals surface area contributed by atoms with Crippen molar-refractivity contribution < 1.29 is 4.79 Å². The Balaban J connectivity index is 1.50. The molecule has 6 nitrogen and oxygen atoms in total. The van der Waals surface area contributed by atoms with Crippen LogP contribution in [-0.2, 0) is 11.3 Å². The zero-order chi connectivity index (χ0) is 23.4. The van der Waals surface area contributed by atoms with E-state index in [-0.39, 0.29) is 11.5 Å². The van der Waals surface area contributed by atoms with Crippen molar-refractivity contribution in [3.05, 3.63) is 109 Å². The van der Waals surface area contributed by atoms with Crippen LogP contribution in [0.5, 0.6) is 0 Å². The van der Waals surface area contributed by atoms with Crippen molar-refractivity contribution in [1.29, 1.82) is 0 Å². The molecule has 0 saturated carbocycles. The number of rotatable bonds is 3. The first-order valence-corrected chi connectivity index (χ1v) is 11.9. The van der Waals surface area contributed by atoms with Crippen LogP contribution in [0.3, 0.4) is 0 Å². The van der Waals surface area contributed by atoms with Gasteiger partial charge in [0, 0.05) is 21.2 Å². The molecule has 2 aromatic heterocycles. The Labute approximate surface area is 207 Å². The summed E-state index contributed by atoms with van der Waals surface area (Å²) in [6.45, 7) is 0.300. The molecule has 5 aromatic rings. The molecule has 0 N–H and O–H groups in total. The number of thiazole rings is 1. The van der Waals surface area contributed by atoms with Gasteiger partial charge in [-0.05, 0) is 42.0 Å². The van der Waals surface area contributed by atoms with Crippen molar-refractivity contribution in [2.75, 3.05) is 4.90 Å². The van der Waals surface area contributed by atoms with Crippen molar-refractivity contribution in [2.45, 2.75) is 6.54 Å². The first kappa shape index (κ1) is 21.0. The van der Waals surface area contributed by atoms with E-state index in [1.807, 2.05) is 42.5 Å². The molecule has 3 heterocycles. The average Bonchev–Trinajstić information content (AvgIpc) is 3.47. The van der Waals surface area contributed by atoms with Gasteiger partial charge in [-0.3, -0.25) is 9.59 Å². The molecule has 34 heavy (non-hydrogen) atoms. The maximum Gasteiger partial charge on any atom is 0.291 e. The van der Waals surface area contributed by atoms with E-state index in [1.54, 1.807) is 35.2 Å². The van der Waals surface area contributed by atoms with Crippen LogP contribution in [0.2, 0.25) is 10.0 Å². The Hall–Kier alpha value is -3.52. The molecule has 6 rings (SSSR count). The van der Waals surface area contributed by atoms with Gasteiger partial charge in [0.15, 0.2) is 5.82 Å². The van der Waals surface area contributed by atoms with E-state index in [4.69, 9.17) is 23.2 Å². The third-order valence-electron chi connectivity index (χ3n) is 5.70. The molecule has 1 aliphatic rings. The van der Waals surface area contributed by atoms with E-state index >= 15 is 0 Å². The maximum absolute atomic E-state index is 13.6. The summed E-state index contributed by atoms with van der Waals surface area (Å²) >= 11 is 13.5. The zero-order valence-electron chi connectivity index (χ0n) is 17.4. The van der Waals surface area contributed by atoms with Crippen LogP contribution in [0, 0.1) is 0 Å². The summed E-state index contributed by atoms with van der Waals surface area (Å²) in [5, 5.41) is 5.58. The Morgan fingerprint density at radius 3 is 2.38 bits per heavy atom. The average molecular weight is 505 g/mol. The predicted molar refractivity (Wildman–Crippen MR) is 134 cm³/mol.